The lowest BCUT2D eigenvalue weighted by molar-refractivity contribution is 0.0266. The molecule has 1 saturated heterocycles. The molecular weight excluding hydrogens is 112 g/mol. The second-order valence-electron chi connectivity index (χ2n) is 3.37. The molecule has 1 aliphatic carbocycles. The monoisotopic (exact) mass is 126 g/mol. The van der Waals surface area contributed by atoms with Crippen LogP contribution < -0.4 is 0 Å². The first-order valence-electron chi connectivity index (χ1n) is 4.02. The Labute approximate surface area is 56.4 Å². The molecule has 1 aliphatic heterocycles. The Morgan fingerprint density at radius 3 is 2.56 bits per heavy atom. The molecule has 1 heterocycles. The van der Waals surface area contributed by atoms with Gasteiger partial charge in [-0.3, -0.25) is 0 Å². The van der Waals surface area contributed by atoms with Crippen molar-refractivity contribution in [2.75, 3.05) is 0 Å². The van der Waals surface area contributed by atoms with Gasteiger partial charge in [0.2, 0.25) is 0 Å². The standard InChI is InChI=1S/C8H14O/c1-2-7-3-4-8(9-7)5-6-8/h7H,2-6H2,1H3/t7-/m1/s1. The Morgan fingerprint density at radius 1 is 1.44 bits per heavy atom. The molecule has 0 aromatic heterocycles. The lowest BCUT2D eigenvalue weighted by atomic mass is 10.1. The Balaban J connectivity index is 1.93. The minimum atomic E-state index is 0.417. The Kier molecular flexibility index (Phi) is 1.10. The van der Waals surface area contributed by atoms with E-state index in [1.165, 1.54) is 32.1 Å². The minimum absolute atomic E-state index is 0.417. The van der Waals surface area contributed by atoms with Gasteiger partial charge in [-0.2, -0.15) is 0 Å². The molecule has 0 amide bonds. The summed E-state index contributed by atoms with van der Waals surface area (Å²) in [7, 11) is 0. The summed E-state index contributed by atoms with van der Waals surface area (Å²) < 4.78 is 5.81. The summed E-state index contributed by atoms with van der Waals surface area (Å²) in [4.78, 5) is 0. The van der Waals surface area contributed by atoms with Crippen LogP contribution in [0.3, 0.4) is 0 Å². The molecule has 0 aromatic carbocycles. The Bertz CT molecular complexity index is 116. The maximum atomic E-state index is 5.81. The van der Waals surface area contributed by atoms with Gasteiger partial charge in [0.1, 0.15) is 0 Å². The van der Waals surface area contributed by atoms with Crippen molar-refractivity contribution in [3.63, 3.8) is 0 Å². The first kappa shape index (κ1) is 5.72. The average molecular weight is 126 g/mol. The lowest BCUT2D eigenvalue weighted by Crippen LogP contribution is -2.09. The van der Waals surface area contributed by atoms with E-state index >= 15 is 0 Å². The first-order chi connectivity index (χ1) is 4.35. The van der Waals surface area contributed by atoms with Crippen LogP contribution in [0.2, 0.25) is 0 Å². The van der Waals surface area contributed by atoms with E-state index in [0.29, 0.717) is 11.7 Å². The summed E-state index contributed by atoms with van der Waals surface area (Å²) in [6.45, 7) is 2.21. The van der Waals surface area contributed by atoms with E-state index in [-0.39, 0.29) is 0 Å². The molecule has 0 radical (unpaired) electrons. The van der Waals surface area contributed by atoms with Gasteiger partial charge in [0.25, 0.3) is 0 Å². The Hall–Kier alpha value is -0.0400. The largest absolute Gasteiger partial charge is 0.372 e. The topological polar surface area (TPSA) is 9.23 Å². The number of hydrogen-bond donors (Lipinski definition) is 0. The van der Waals surface area contributed by atoms with Crippen LogP contribution in [0.25, 0.3) is 0 Å². The second-order valence-corrected chi connectivity index (χ2v) is 3.37. The van der Waals surface area contributed by atoms with Crippen molar-refractivity contribution in [2.24, 2.45) is 0 Å². The quantitative estimate of drug-likeness (QED) is 0.523. The van der Waals surface area contributed by atoms with Crippen LogP contribution in [-0.4, -0.2) is 11.7 Å². The highest BCUT2D eigenvalue weighted by Gasteiger charge is 2.49. The second kappa shape index (κ2) is 1.72. The number of ether oxygens (including phenoxy) is 1. The SMILES string of the molecule is CC[C@@H]1CCC2(CC2)O1. The molecule has 2 aliphatic rings. The molecule has 0 unspecified atom stereocenters. The third-order valence-electron chi connectivity index (χ3n) is 2.60. The normalized spacial score (nSPS) is 37.7. The molecule has 1 saturated carbocycles. The molecular formula is C8H14O. The smallest absolute Gasteiger partial charge is 0.0689 e. The van der Waals surface area contributed by atoms with Crippen LogP contribution in [0.4, 0.5) is 0 Å². The van der Waals surface area contributed by atoms with E-state index in [1.54, 1.807) is 0 Å². The van der Waals surface area contributed by atoms with Gasteiger partial charge in [-0.15, -0.1) is 0 Å². The zero-order valence-electron chi connectivity index (χ0n) is 6.02. The van der Waals surface area contributed by atoms with E-state index in [0.717, 1.165) is 0 Å². The summed E-state index contributed by atoms with van der Waals surface area (Å²) >= 11 is 0. The maximum absolute atomic E-state index is 5.81. The number of rotatable bonds is 1. The molecule has 9 heavy (non-hydrogen) atoms. The predicted molar refractivity (Wildman–Crippen MR) is 36.4 cm³/mol. The zero-order valence-corrected chi connectivity index (χ0v) is 6.02. The van der Waals surface area contributed by atoms with Crippen molar-refractivity contribution in [2.45, 2.75) is 50.7 Å². The minimum Gasteiger partial charge on any atom is -0.372 e. The molecule has 1 spiro atoms. The maximum Gasteiger partial charge on any atom is 0.0689 e. The van der Waals surface area contributed by atoms with Crippen LogP contribution in [0.1, 0.15) is 39.0 Å². The van der Waals surface area contributed by atoms with Gasteiger partial charge in [0, 0.05) is 0 Å². The van der Waals surface area contributed by atoms with Crippen molar-refractivity contribution in [1.29, 1.82) is 0 Å². The van der Waals surface area contributed by atoms with Crippen LogP contribution in [0.15, 0.2) is 0 Å². The molecule has 0 N–H and O–H groups in total. The van der Waals surface area contributed by atoms with Gasteiger partial charge in [0.15, 0.2) is 0 Å². The van der Waals surface area contributed by atoms with Gasteiger partial charge in [-0.1, -0.05) is 6.92 Å². The highest BCUT2D eigenvalue weighted by atomic mass is 16.5. The molecule has 52 valence electrons. The first-order valence-corrected chi connectivity index (χ1v) is 4.02. The lowest BCUT2D eigenvalue weighted by Gasteiger charge is -2.08. The van der Waals surface area contributed by atoms with E-state index in [4.69, 9.17) is 4.74 Å². The third kappa shape index (κ3) is 0.877. The summed E-state index contributed by atoms with van der Waals surface area (Å²) in [6.07, 6.45) is 7.14. The predicted octanol–water partition coefficient (Wildman–Crippen LogP) is 2.11. The summed E-state index contributed by atoms with van der Waals surface area (Å²) in [6, 6.07) is 0. The molecule has 1 heteroatoms. The van der Waals surface area contributed by atoms with Crippen molar-refractivity contribution in [3.8, 4) is 0 Å². The van der Waals surface area contributed by atoms with Crippen LogP contribution in [0, 0.1) is 0 Å². The van der Waals surface area contributed by atoms with Crippen molar-refractivity contribution < 1.29 is 4.74 Å². The van der Waals surface area contributed by atoms with E-state index in [1.807, 2.05) is 0 Å². The van der Waals surface area contributed by atoms with Gasteiger partial charge >= 0.3 is 0 Å². The summed E-state index contributed by atoms with van der Waals surface area (Å²) in [5, 5.41) is 0. The molecule has 0 bridgehead atoms. The summed E-state index contributed by atoms with van der Waals surface area (Å²) in [5.74, 6) is 0. The average Bonchev–Trinajstić information content (AvgIpc) is 2.44. The number of hydrogen-bond acceptors (Lipinski definition) is 1. The van der Waals surface area contributed by atoms with Crippen molar-refractivity contribution >= 4 is 0 Å². The van der Waals surface area contributed by atoms with Crippen molar-refractivity contribution in [1.82, 2.24) is 0 Å². The highest BCUT2D eigenvalue weighted by molar-refractivity contribution is 5.00. The molecule has 2 rings (SSSR count). The fraction of sp³-hybridized carbons (Fsp3) is 1.00. The van der Waals surface area contributed by atoms with Crippen LogP contribution in [-0.2, 0) is 4.74 Å². The highest BCUT2D eigenvalue weighted by Crippen LogP contribution is 2.49. The third-order valence-corrected chi connectivity index (χ3v) is 2.60. The van der Waals surface area contributed by atoms with Gasteiger partial charge in [-0.25, -0.2) is 0 Å². The Morgan fingerprint density at radius 2 is 2.22 bits per heavy atom. The van der Waals surface area contributed by atoms with Crippen LogP contribution in [0.5, 0.6) is 0 Å². The van der Waals surface area contributed by atoms with Gasteiger partial charge in [0.05, 0.1) is 11.7 Å². The van der Waals surface area contributed by atoms with Gasteiger partial charge in [-0.05, 0) is 32.1 Å². The van der Waals surface area contributed by atoms with Gasteiger partial charge < -0.3 is 4.74 Å². The fourth-order valence-electron chi connectivity index (χ4n) is 1.69. The van der Waals surface area contributed by atoms with Crippen LogP contribution >= 0.6 is 0 Å². The van der Waals surface area contributed by atoms with E-state index < -0.39 is 0 Å². The summed E-state index contributed by atoms with van der Waals surface area (Å²) in [5.41, 5.74) is 0.417. The molecule has 1 atom stereocenters. The van der Waals surface area contributed by atoms with Crippen molar-refractivity contribution in [3.05, 3.63) is 0 Å². The van der Waals surface area contributed by atoms with E-state index in [2.05, 4.69) is 6.92 Å². The molecule has 1 nitrogen and oxygen atoms in total. The molecule has 0 aromatic rings. The zero-order chi connectivity index (χ0) is 6.32. The van der Waals surface area contributed by atoms with E-state index in [9.17, 15) is 0 Å². The fourth-order valence-corrected chi connectivity index (χ4v) is 1.69. The molecule has 2 fully saturated rings.